The Bertz CT molecular complexity index is 1800. The lowest BCUT2D eigenvalue weighted by atomic mass is 10.0. The highest BCUT2D eigenvalue weighted by atomic mass is 16.6. The van der Waals surface area contributed by atoms with E-state index in [0.29, 0.717) is 16.1 Å². The second-order valence-corrected chi connectivity index (χ2v) is 15.8. The standard InChI is InChI=1S/C41H55N5O13/c1-25(2)34(37(54)45-46(23-31(48)49)38(55)30(47)21-26-15-11-9-12-16-26)44-35(52)28(19-20-32(50)58-40(3,4)5)42-36(53)29(22-33(51)59-41(6,7)8)43-39(56)57-24-27-17-13-10-14-18-27/h9-18,25,28-29,34H,19-24H2,1-8H3,(H,42,53)(H,43,56)(H,44,52)(H,45,54)(H,48,49)/t28-,29-,34-/m0/s1. The molecule has 322 valence electrons. The lowest BCUT2D eigenvalue weighted by molar-refractivity contribution is -0.156. The van der Waals surface area contributed by atoms with Crippen molar-refractivity contribution in [3.63, 3.8) is 0 Å². The summed E-state index contributed by atoms with van der Waals surface area (Å²) in [6.45, 7) is 11.4. The van der Waals surface area contributed by atoms with Crippen molar-refractivity contribution >= 4 is 53.4 Å². The molecule has 18 heteroatoms. The number of carboxylic acids is 1. The Labute approximate surface area is 343 Å². The largest absolute Gasteiger partial charge is 0.480 e. The molecule has 5 amide bonds. The zero-order valence-corrected chi connectivity index (χ0v) is 34.6. The van der Waals surface area contributed by atoms with Gasteiger partial charge in [0.2, 0.25) is 17.6 Å². The summed E-state index contributed by atoms with van der Waals surface area (Å²) in [5, 5.41) is 17.0. The van der Waals surface area contributed by atoms with E-state index in [2.05, 4.69) is 21.4 Å². The maximum atomic E-state index is 13.9. The third-order valence-corrected chi connectivity index (χ3v) is 7.78. The summed E-state index contributed by atoms with van der Waals surface area (Å²) >= 11 is 0. The Balaban J connectivity index is 2.37. The first-order valence-electron chi connectivity index (χ1n) is 18.9. The molecule has 0 spiro atoms. The Morgan fingerprint density at radius 1 is 0.678 bits per heavy atom. The molecule has 18 nitrogen and oxygen atoms in total. The number of nitrogens with one attached hydrogen (secondary N) is 4. The molecule has 5 N–H and O–H groups in total. The number of nitrogens with zero attached hydrogens (tertiary/aromatic N) is 1. The Morgan fingerprint density at radius 2 is 1.20 bits per heavy atom. The number of carboxylic acid groups (broad SMARTS) is 1. The van der Waals surface area contributed by atoms with Crippen molar-refractivity contribution in [3.05, 3.63) is 71.8 Å². The molecule has 0 unspecified atom stereocenters. The molecule has 0 bridgehead atoms. The molecule has 0 fully saturated rings. The van der Waals surface area contributed by atoms with Gasteiger partial charge in [-0.15, -0.1) is 0 Å². The first kappa shape index (κ1) is 48.8. The van der Waals surface area contributed by atoms with Gasteiger partial charge in [0, 0.05) is 12.8 Å². The molecular weight excluding hydrogens is 770 g/mol. The molecule has 0 aliphatic carbocycles. The number of rotatable bonds is 19. The summed E-state index contributed by atoms with van der Waals surface area (Å²) in [4.78, 5) is 117. The van der Waals surface area contributed by atoms with Gasteiger partial charge in [-0.2, -0.15) is 0 Å². The maximum absolute atomic E-state index is 13.9. The van der Waals surface area contributed by atoms with E-state index in [1.54, 1.807) is 102 Å². The highest BCUT2D eigenvalue weighted by Crippen LogP contribution is 2.14. The van der Waals surface area contributed by atoms with Gasteiger partial charge in [-0.3, -0.25) is 43.8 Å². The normalized spacial score (nSPS) is 12.8. The predicted molar refractivity (Wildman–Crippen MR) is 210 cm³/mol. The lowest BCUT2D eigenvalue weighted by Crippen LogP contribution is -2.61. The van der Waals surface area contributed by atoms with Crippen LogP contribution in [0, 0.1) is 5.92 Å². The summed E-state index contributed by atoms with van der Waals surface area (Å²) in [6.07, 6.45) is -2.97. The van der Waals surface area contributed by atoms with Gasteiger partial charge in [-0.05, 0) is 65.0 Å². The third kappa shape index (κ3) is 19.1. The summed E-state index contributed by atoms with van der Waals surface area (Å²) in [6, 6.07) is 12.0. The minimum absolute atomic E-state index is 0.177. The van der Waals surface area contributed by atoms with Gasteiger partial charge in [0.25, 0.3) is 5.91 Å². The minimum Gasteiger partial charge on any atom is -0.480 e. The van der Waals surface area contributed by atoms with Crippen LogP contribution in [0.15, 0.2) is 60.7 Å². The van der Waals surface area contributed by atoms with E-state index >= 15 is 0 Å². The van der Waals surface area contributed by atoms with Gasteiger partial charge < -0.3 is 35.3 Å². The van der Waals surface area contributed by atoms with Crippen LogP contribution in [0.5, 0.6) is 0 Å². The average Bonchev–Trinajstić information content (AvgIpc) is 3.12. The van der Waals surface area contributed by atoms with E-state index < -0.39 is 114 Å². The SMILES string of the molecule is CC(C)[C@H](NC(=O)[C@H](CCC(=O)OC(C)(C)C)NC(=O)[C@H](CC(=O)OC(C)(C)C)NC(=O)OCc1ccccc1)C(=O)NN(CC(=O)O)C(=O)C(=O)Cc1ccccc1. The molecule has 0 heterocycles. The molecule has 0 aromatic heterocycles. The molecule has 0 aliphatic rings. The number of aliphatic carboxylic acids is 1. The molecule has 0 saturated heterocycles. The van der Waals surface area contributed by atoms with Crippen LogP contribution in [0.2, 0.25) is 0 Å². The number of alkyl carbamates (subject to hydrolysis) is 1. The second-order valence-electron chi connectivity index (χ2n) is 15.8. The lowest BCUT2D eigenvalue weighted by Gasteiger charge is -2.29. The summed E-state index contributed by atoms with van der Waals surface area (Å²) in [7, 11) is 0. The van der Waals surface area contributed by atoms with E-state index in [4.69, 9.17) is 14.2 Å². The Hall–Kier alpha value is -6.33. The van der Waals surface area contributed by atoms with Crippen molar-refractivity contribution in [2.75, 3.05) is 6.54 Å². The minimum atomic E-state index is -1.65. The molecule has 0 saturated carbocycles. The molecular formula is C41H55N5O13. The topological polar surface area (TPSA) is 253 Å². The van der Waals surface area contributed by atoms with Crippen molar-refractivity contribution in [1.82, 2.24) is 26.4 Å². The first-order valence-corrected chi connectivity index (χ1v) is 18.9. The van der Waals surface area contributed by atoms with E-state index in [9.17, 15) is 48.3 Å². The number of hydrogen-bond acceptors (Lipinski definition) is 12. The van der Waals surface area contributed by atoms with Crippen molar-refractivity contribution in [2.45, 2.75) is 117 Å². The number of ketones is 1. The van der Waals surface area contributed by atoms with Gasteiger partial charge >= 0.3 is 29.9 Å². The van der Waals surface area contributed by atoms with Crippen LogP contribution in [-0.2, 0) is 65.6 Å². The van der Waals surface area contributed by atoms with Gasteiger partial charge in [0.05, 0.1) is 6.42 Å². The van der Waals surface area contributed by atoms with Crippen LogP contribution in [-0.4, -0.2) is 99.4 Å². The quantitative estimate of drug-likeness (QED) is 0.0592. The number of hydrazine groups is 1. The third-order valence-electron chi connectivity index (χ3n) is 7.78. The zero-order valence-electron chi connectivity index (χ0n) is 34.6. The summed E-state index contributed by atoms with van der Waals surface area (Å²) < 4.78 is 15.9. The number of esters is 2. The molecule has 3 atom stereocenters. The van der Waals surface area contributed by atoms with Crippen molar-refractivity contribution in [3.8, 4) is 0 Å². The first-order chi connectivity index (χ1) is 27.4. The van der Waals surface area contributed by atoms with Gasteiger partial charge in [-0.25, -0.2) is 9.80 Å². The van der Waals surface area contributed by atoms with Gasteiger partial charge in [0.15, 0.2) is 0 Å². The fourth-order valence-corrected chi connectivity index (χ4v) is 5.16. The van der Waals surface area contributed by atoms with Crippen molar-refractivity contribution < 1.29 is 62.5 Å². The highest BCUT2D eigenvalue weighted by Gasteiger charge is 2.35. The van der Waals surface area contributed by atoms with Crippen LogP contribution in [0.25, 0.3) is 0 Å². The fourth-order valence-electron chi connectivity index (χ4n) is 5.16. The van der Waals surface area contributed by atoms with Crippen LogP contribution < -0.4 is 21.4 Å². The number of carbonyl (C=O) groups is 9. The molecule has 2 rings (SSSR count). The zero-order chi connectivity index (χ0) is 44.5. The number of benzene rings is 2. The van der Waals surface area contributed by atoms with E-state index in [1.165, 1.54) is 13.8 Å². The van der Waals surface area contributed by atoms with Crippen LogP contribution in [0.4, 0.5) is 4.79 Å². The summed E-state index contributed by atoms with van der Waals surface area (Å²) in [5.74, 6) is -9.42. The van der Waals surface area contributed by atoms with Crippen molar-refractivity contribution in [2.24, 2.45) is 5.92 Å². The number of amides is 5. The van der Waals surface area contributed by atoms with Crippen molar-refractivity contribution in [1.29, 1.82) is 0 Å². The molecule has 59 heavy (non-hydrogen) atoms. The summed E-state index contributed by atoms with van der Waals surface area (Å²) in [5.41, 5.74) is 1.35. The monoisotopic (exact) mass is 825 g/mol. The maximum Gasteiger partial charge on any atom is 0.408 e. The van der Waals surface area contributed by atoms with Gasteiger partial charge in [0.1, 0.15) is 42.5 Å². The van der Waals surface area contributed by atoms with Gasteiger partial charge in [-0.1, -0.05) is 74.5 Å². The predicted octanol–water partition coefficient (Wildman–Crippen LogP) is 2.52. The number of Topliss-reactive ketones (excluding diaryl/α,β-unsaturated/α-hetero) is 1. The number of carbonyl (C=O) groups excluding carboxylic acids is 8. The fraction of sp³-hybridized carbons (Fsp3) is 0.488. The molecule has 0 aliphatic heterocycles. The smallest absolute Gasteiger partial charge is 0.408 e. The number of hydrogen-bond donors (Lipinski definition) is 5. The average molecular weight is 826 g/mol. The Morgan fingerprint density at radius 3 is 1.73 bits per heavy atom. The Kier molecular flexibility index (Phi) is 18.7. The molecule has 2 aromatic rings. The highest BCUT2D eigenvalue weighted by molar-refractivity contribution is 6.36. The van der Waals surface area contributed by atoms with E-state index in [0.717, 1.165) is 0 Å². The second kappa shape index (κ2) is 22.6. The molecule has 2 aromatic carbocycles. The van der Waals surface area contributed by atoms with Crippen LogP contribution >= 0.6 is 0 Å². The van der Waals surface area contributed by atoms with E-state index in [-0.39, 0.29) is 13.0 Å². The van der Waals surface area contributed by atoms with Crippen LogP contribution in [0.1, 0.15) is 85.8 Å². The van der Waals surface area contributed by atoms with Crippen LogP contribution in [0.3, 0.4) is 0 Å². The number of ether oxygens (including phenoxy) is 3. The molecule has 0 radical (unpaired) electrons. The van der Waals surface area contributed by atoms with E-state index in [1.807, 2.05) is 0 Å².